The SMILES string of the molecule is CCOC(=O)CNC(=O)c1ccc(Br)cc1O. The third-order valence-corrected chi connectivity index (χ3v) is 2.40. The Balaban J connectivity index is 2.61. The molecule has 0 heterocycles. The number of nitrogens with one attached hydrogen (secondary N) is 1. The average Bonchev–Trinajstić information content (AvgIpc) is 2.26. The van der Waals surface area contributed by atoms with Crippen LogP contribution in [-0.4, -0.2) is 30.1 Å². The molecule has 0 fully saturated rings. The lowest BCUT2D eigenvalue weighted by Gasteiger charge is -2.06. The van der Waals surface area contributed by atoms with Crippen molar-refractivity contribution in [1.82, 2.24) is 5.32 Å². The van der Waals surface area contributed by atoms with Gasteiger partial charge in [-0.15, -0.1) is 0 Å². The van der Waals surface area contributed by atoms with E-state index in [9.17, 15) is 14.7 Å². The van der Waals surface area contributed by atoms with Gasteiger partial charge in [-0.05, 0) is 25.1 Å². The van der Waals surface area contributed by atoms with E-state index in [2.05, 4.69) is 26.0 Å². The summed E-state index contributed by atoms with van der Waals surface area (Å²) >= 11 is 3.16. The minimum Gasteiger partial charge on any atom is -0.507 e. The van der Waals surface area contributed by atoms with Crippen molar-refractivity contribution >= 4 is 27.8 Å². The number of amides is 1. The van der Waals surface area contributed by atoms with Gasteiger partial charge >= 0.3 is 5.97 Å². The topological polar surface area (TPSA) is 75.6 Å². The van der Waals surface area contributed by atoms with Gasteiger partial charge in [0.1, 0.15) is 12.3 Å². The molecule has 5 nitrogen and oxygen atoms in total. The zero-order chi connectivity index (χ0) is 12.8. The smallest absolute Gasteiger partial charge is 0.325 e. The van der Waals surface area contributed by atoms with Gasteiger partial charge in [0.25, 0.3) is 5.91 Å². The van der Waals surface area contributed by atoms with Crippen LogP contribution in [0, 0.1) is 0 Å². The van der Waals surface area contributed by atoms with Gasteiger partial charge in [-0.25, -0.2) is 0 Å². The molecule has 0 radical (unpaired) electrons. The average molecular weight is 302 g/mol. The highest BCUT2D eigenvalue weighted by molar-refractivity contribution is 9.10. The summed E-state index contributed by atoms with van der Waals surface area (Å²) in [6.45, 7) is 1.72. The van der Waals surface area contributed by atoms with E-state index in [0.717, 1.165) is 0 Å². The van der Waals surface area contributed by atoms with Gasteiger partial charge in [0.15, 0.2) is 0 Å². The number of hydrogen-bond acceptors (Lipinski definition) is 4. The molecule has 0 spiro atoms. The van der Waals surface area contributed by atoms with Crippen LogP contribution in [0.15, 0.2) is 22.7 Å². The van der Waals surface area contributed by atoms with E-state index < -0.39 is 11.9 Å². The van der Waals surface area contributed by atoms with Crippen molar-refractivity contribution in [3.63, 3.8) is 0 Å². The summed E-state index contributed by atoms with van der Waals surface area (Å²) in [6, 6.07) is 4.48. The molecule has 92 valence electrons. The van der Waals surface area contributed by atoms with Crippen molar-refractivity contribution in [1.29, 1.82) is 0 Å². The number of phenolic OH excluding ortho intramolecular Hbond substituents is 1. The van der Waals surface area contributed by atoms with Crippen LogP contribution in [-0.2, 0) is 9.53 Å². The number of carbonyl (C=O) groups excluding carboxylic acids is 2. The Morgan fingerprint density at radius 3 is 2.76 bits per heavy atom. The van der Waals surface area contributed by atoms with Crippen LogP contribution in [0.5, 0.6) is 5.75 Å². The molecule has 1 rings (SSSR count). The maximum Gasteiger partial charge on any atom is 0.325 e. The largest absolute Gasteiger partial charge is 0.507 e. The number of halogens is 1. The fraction of sp³-hybridized carbons (Fsp3) is 0.273. The fourth-order valence-corrected chi connectivity index (χ4v) is 1.51. The third-order valence-electron chi connectivity index (χ3n) is 1.90. The molecule has 1 aromatic carbocycles. The normalized spacial score (nSPS) is 9.76. The monoisotopic (exact) mass is 301 g/mol. The minimum atomic E-state index is -0.525. The van der Waals surface area contributed by atoms with Crippen LogP contribution in [0.2, 0.25) is 0 Å². The van der Waals surface area contributed by atoms with Gasteiger partial charge in [-0.3, -0.25) is 9.59 Å². The highest BCUT2D eigenvalue weighted by atomic mass is 79.9. The zero-order valence-corrected chi connectivity index (χ0v) is 10.8. The second-order valence-corrected chi connectivity index (χ2v) is 4.06. The van der Waals surface area contributed by atoms with Crippen molar-refractivity contribution < 1.29 is 19.4 Å². The van der Waals surface area contributed by atoms with Crippen LogP contribution >= 0.6 is 15.9 Å². The summed E-state index contributed by atoms with van der Waals surface area (Å²) in [6.07, 6.45) is 0. The molecule has 0 atom stereocenters. The van der Waals surface area contributed by atoms with E-state index in [1.54, 1.807) is 13.0 Å². The third kappa shape index (κ3) is 4.07. The maximum absolute atomic E-state index is 11.6. The Kier molecular flexibility index (Phi) is 4.96. The molecule has 0 saturated heterocycles. The fourth-order valence-electron chi connectivity index (χ4n) is 1.16. The Morgan fingerprint density at radius 1 is 1.47 bits per heavy atom. The minimum absolute atomic E-state index is 0.109. The molecule has 0 aliphatic rings. The van der Waals surface area contributed by atoms with Crippen LogP contribution in [0.1, 0.15) is 17.3 Å². The number of esters is 1. The Hall–Kier alpha value is -1.56. The summed E-state index contributed by atoms with van der Waals surface area (Å²) < 4.78 is 5.32. The molecule has 0 aliphatic heterocycles. The van der Waals surface area contributed by atoms with E-state index >= 15 is 0 Å². The predicted molar refractivity (Wildman–Crippen MR) is 64.8 cm³/mol. The maximum atomic E-state index is 11.6. The first-order chi connectivity index (χ1) is 8.04. The van der Waals surface area contributed by atoms with E-state index in [-0.39, 0.29) is 24.5 Å². The second-order valence-electron chi connectivity index (χ2n) is 3.15. The van der Waals surface area contributed by atoms with Gasteiger partial charge in [0.2, 0.25) is 0 Å². The first kappa shape index (κ1) is 13.5. The number of hydrogen-bond donors (Lipinski definition) is 2. The number of rotatable bonds is 4. The van der Waals surface area contributed by atoms with Gasteiger partial charge < -0.3 is 15.2 Å². The van der Waals surface area contributed by atoms with E-state index in [1.807, 2.05) is 0 Å². The molecule has 6 heteroatoms. The van der Waals surface area contributed by atoms with E-state index in [0.29, 0.717) is 4.47 Å². The van der Waals surface area contributed by atoms with Crippen LogP contribution in [0.4, 0.5) is 0 Å². The second kappa shape index (κ2) is 6.24. The molecule has 0 bridgehead atoms. The number of benzene rings is 1. The molecule has 0 saturated carbocycles. The lowest BCUT2D eigenvalue weighted by molar-refractivity contribution is -0.141. The number of aromatic hydroxyl groups is 1. The lowest BCUT2D eigenvalue weighted by atomic mass is 10.2. The first-order valence-corrected chi connectivity index (χ1v) is 5.76. The molecule has 0 aliphatic carbocycles. The quantitative estimate of drug-likeness (QED) is 0.825. The number of ether oxygens (including phenoxy) is 1. The Morgan fingerprint density at radius 2 is 2.18 bits per heavy atom. The number of phenols is 1. The van der Waals surface area contributed by atoms with Crippen molar-refractivity contribution in [2.75, 3.05) is 13.2 Å². The van der Waals surface area contributed by atoms with Gasteiger partial charge in [0.05, 0.1) is 12.2 Å². The summed E-state index contributed by atoms with van der Waals surface area (Å²) in [4.78, 5) is 22.6. The Labute approximate surface area is 107 Å². The van der Waals surface area contributed by atoms with Crippen molar-refractivity contribution in [2.24, 2.45) is 0 Å². The van der Waals surface area contributed by atoms with Crippen LogP contribution < -0.4 is 5.32 Å². The molecular formula is C11H12BrNO4. The highest BCUT2D eigenvalue weighted by Crippen LogP contribution is 2.21. The van der Waals surface area contributed by atoms with Crippen LogP contribution in [0.3, 0.4) is 0 Å². The molecule has 1 amide bonds. The van der Waals surface area contributed by atoms with E-state index in [4.69, 9.17) is 0 Å². The van der Waals surface area contributed by atoms with Crippen molar-refractivity contribution in [3.05, 3.63) is 28.2 Å². The molecule has 0 unspecified atom stereocenters. The summed E-state index contributed by atoms with van der Waals surface area (Å²) in [5.74, 6) is -1.19. The van der Waals surface area contributed by atoms with Gasteiger partial charge in [-0.1, -0.05) is 15.9 Å². The highest BCUT2D eigenvalue weighted by Gasteiger charge is 2.12. The Bertz CT molecular complexity index is 433. The molecule has 17 heavy (non-hydrogen) atoms. The van der Waals surface area contributed by atoms with Gasteiger partial charge in [-0.2, -0.15) is 0 Å². The van der Waals surface area contributed by atoms with E-state index in [1.165, 1.54) is 12.1 Å². The summed E-state index contributed by atoms with van der Waals surface area (Å²) in [5.41, 5.74) is 0.109. The summed E-state index contributed by atoms with van der Waals surface area (Å²) in [5, 5.41) is 11.9. The predicted octanol–water partition coefficient (Wildman–Crippen LogP) is 1.45. The molecule has 1 aromatic rings. The molecular weight excluding hydrogens is 290 g/mol. The summed E-state index contributed by atoms with van der Waals surface area (Å²) in [7, 11) is 0. The van der Waals surface area contributed by atoms with Crippen molar-refractivity contribution in [3.8, 4) is 5.75 Å². The number of carbonyl (C=O) groups is 2. The van der Waals surface area contributed by atoms with Gasteiger partial charge in [0, 0.05) is 4.47 Å². The molecule has 2 N–H and O–H groups in total. The van der Waals surface area contributed by atoms with Crippen molar-refractivity contribution in [2.45, 2.75) is 6.92 Å². The zero-order valence-electron chi connectivity index (χ0n) is 9.20. The standard InChI is InChI=1S/C11H12BrNO4/c1-2-17-10(15)6-13-11(16)8-4-3-7(12)5-9(8)14/h3-5,14H,2,6H2,1H3,(H,13,16). The lowest BCUT2D eigenvalue weighted by Crippen LogP contribution is -2.30. The van der Waals surface area contributed by atoms with Crippen LogP contribution in [0.25, 0.3) is 0 Å². The molecule has 0 aromatic heterocycles. The first-order valence-electron chi connectivity index (χ1n) is 4.97.